The summed E-state index contributed by atoms with van der Waals surface area (Å²) in [7, 11) is -3.59. The van der Waals surface area contributed by atoms with E-state index in [0.29, 0.717) is 16.0 Å². The highest BCUT2D eigenvalue weighted by atomic mass is 32.2. The number of nitrogens with zero attached hydrogens (tertiary/aromatic N) is 2. The zero-order valence-electron chi connectivity index (χ0n) is 23.3. The lowest BCUT2D eigenvalue weighted by Crippen LogP contribution is -2.13. The van der Waals surface area contributed by atoms with Gasteiger partial charge in [0.15, 0.2) is 9.84 Å². The quantitative estimate of drug-likeness (QED) is 0.202. The fraction of sp³-hybridized carbons (Fsp3) is 0.0263. The van der Waals surface area contributed by atoms with E-state index in [4.69, 9.17) is 4.42 Å². The molecule has 6 heteroatoms. The zero-order chi connectivity index (χ0) is 29.6. The van der Waals surface area contributed by atoms with Gasteiger partial charge in [-0.05, 0) is 65.2 Å². The van der Waals surface area contributed by atoms with E-state index in [1.807, 2.05) is 84.9 Å². The van der Waals surface area contributed by atoms with Crippen molar-refractivity contribution in [3.63, 3.8) is 0 Å². The first-order valence-corrected chi connectivity index (χ1v) is 16.0. The summed E-state index contributed by atoms with van der Waals surface area (Å²) in [4.78, 5) is 0.321. The van der Waals surface area contributed by atoms with E-state index in [-0.39, 0.29) is 5.75 Å². The van der Waals surface area contributed by atoms with Crippen molar-refractivity contribution >= 4 is 53.6 Å². The maximum atomic E-state index is 13.7. The molecule has 208 valence electrons. The van der Waals surface area contributed by atoms with Gasteiger partial charge >= 0.3 is 0 Å². The maximum absolute atomic E-state index is 13.7. The van der Waals surface area contributed by atoms with Crippen molar-refractivity contribution in [2.45, 2.75) is 10.6 Å². The van der Waals surface area contributed by atoms with Crippen LogP contribution in [0.2, 0.25) is 0 Å². The first-order chi connectivity index (χ1) is 21.5. The van der Waals surface area contributed by atoms with Gasteiger partial charge in [0.25, 0.3) is 0 Å². The third-order valence-corrected chi connectivity index (χ3v) is 10.5. The lowest BCUT2D eigenvalue weighted by atomic mass is 9.94. The summed E-state index contributed by atoms with van der Waals surface area (Å²) >= 11 is 0. The lowest BCUT2D eigenvalue weighted by molar-refractivity contribution is 0.594. The highest BCUT2D eigenvalue weighted by molar-refractivity contribution is 7.90. The Hall–Kier alpha value is -5.64. The monoisotopic (exact) mass is 586 g/mol. The van der Waals surface area contributed by atoms with E-state index in [1.165, 1.54) is 0 Å². The van der Waals surface area contributed by atoms with Crippen molar-refractivity contribution in [1.82, 2.24) is 4.57 Å². The Kier molecular flexibility index (Phi) is 5.06. The minimum atomic E-state index is -3.59. The number of sulfone groups is 1. The van der Waals surface area contributed by atoms with Gasteiger partial charge in [-0.2, -0.15) is 5.26 Å². The molecule has 2 aromatic heterocycles. The molecule has 0 amide bonds. The Balaban J connectivity index is 1.24. The Morgan fingerprint density at radius 3 is 2.34 bits per heavy atom. The largest absolute Gasteiger partial charge is 0.455 e. The second-order valence-electron chi connectivity index (χ2n) is 11.3. The van der Waals surface area contributed by atoms with E-state index in [0.717, 1.165) is 71.7 Å². The minimum Gasteiger partial charge on any atom is -0.455 e. The highest BCUT2D eigenvalue weighted by Gasteiger charge is 2.29. The number of hydrogen-bond acceptors (Lipinski definition) is 4. The van der Waals surface area contributed by atoms with Crippen LogP contribution in [0.25, 0.3) is 71.7 Å². The topological polar surface area (TPSA) is 76.0 Å². The smallest absolute Gasteiger partial charge is 0.183 e. The fourth-order valence-electron chi connectivity index (χ4n) is 6.83. The molecule has 6 aromatic carbocycles. The Labute approximate surface area is 252 Å². The maximum Gasteiger partial charge on any atom is 0.183 e. The van der Waals surface area contributed by atoms with E-state index in [2.05, 4.69) is 34.9 Å². The lowest BCUT2D eigenvalue weighted by Gasteiger charge is -2.22. The first kappa shape index (κ1) is 24.9. The number of furan rings is 1. The number of nitriles is 1. The Morgan fingerprint density at radius 2 is 1.45 bits per heavy atom. The molecule has 0 aliphatic carbocycles. The molecule has 3 heterocycles. The molecular formula is C38H22N2O3S. The Bertz CT molecular complexity index is 2670. The molecule has 0 bridgehead atoms. The molecule has 0 N–H and O–H groups in total. The van der Waals surface area contributed by atoms with Crippen LogP contribution in [0.15, 0.2) is 131 Å². The number of benzene rings is 6. The van der Waals surface area contributed by atoms with E-state index in [9.17, 15) is 13.7 Å². The molecule has 0 unspecified atom stereocenters. The molecule has 44 heavy (non-hydrogen) atoms. The first-order valence-electron chi connectivity index (χ1n) is 14.3. The van der Waals surface area contributed by atoms with Gasteiger partial charge < -0.3 is 8.98 Å². The normalized spacial score (nSPS) is 13.7. The fourth-order valence-corrected chi connectivity index (χ4v) is 8.46. The van der Waals surface area contributed by atoms with Gasteiger partial charge in [-0.15, -0.1) is 0 Å². The summed E-state index contributed by atoms with van der Waals surface area (Å²) in [5.74, 6) is -0.0629. The molecule has 0 saturated heterocycles. The van der Waals surface area contributed by atoms with E-state index in [1.54, 1.807) is 12.1 Å². The van der Waals surface area contributed by atoms with Crippen LogP contribution >= 0.6 is 0 Å². The molecule has 0 fully saturated rings. The summed E-state index contributed by atoms with van der Waals surface area (Å²) in [5.41, 5.74) is 9.19. The number of rotatable bonds is 2. The predicted molar refractivity (Wildman–Crippen MR) is 175 cm³/mol. The standard InChI is InChI=1S/C38H22N2O3S/c39-21-23-12-17-35-33(18-23)28-6-1-3-10-34(28)40(35)26-15-16-30-32-19-24(13-14-25(32)22-44(41,42)37(30)20-26)27-8-5-9-31-29-7-2-4-11-36(29)43-38(27)31/h1-20H,22H2. The number of aromatic nitrogens is 1. The van der Waals surface area contributed by atoms with Crippen LogP contribution in [-0.4, -0.2) is 13.0 Å². The Morgan fingerprint density at radius 1 is 0.659 bits per heavy atom. The summed E-state index contributed by atoms with van der Waals surface area (Å²) in [6.07, 6.45) is 0. The SMILES string of the molecule is N#Cc1ccc2c(c1)c1ccccc1n2-c1ccc2c(c1)S(=O)(=O)Cc1ccc(-c3cccc4c3oc3ccccc34)cc1-2. The predicted octanol–water partition coefficient (Wildman–Crippen LogP) is 9.18. The van der Waals surface area contributed by atoms with Crippen LogP contribution in [0, 0.1) is 11.3 Å². The molecule has 1 aliphatic rings. The zero-order valence-corrected chi connectivity index (χ0v) is 24.1. The summed E-state index contributed by atoms with van der Waals surface area (Å²) in [5, 5.41) is 13.6. The van der Waals surface area contributed by atoms with Gasteiger partial charge in [-0.3, -0.25) is 0 Å². The van der Waals surface area contributed by atoms with Crippen molar-refractivity contribution in [1.29, 1.82) is 5.26 Å². The average molecular weight is 587 g/mol. The van der Waals surface area contributed by atoms with Crippen LogP contribution in [0.5, 0.6) is 0 Å². The molecule has 0 saturated carbocycles. The van der Waals surface area contributed by atoms with Crippen molar-refractivity contribution in [3.8, 4) is 34.0 Å². The summed E-state index contributed by atoms with van der Waals surface area (Å²) < 4.78 is 35.9. The number of fused-ring (bicyclic) bond motifs is 9. The minimum absolute atomic E-state index is 0.0629. The second kappa shape index (κ2) is 8.93. The van der Waals surface area contributed by atoms with Gasteiger partial charge in [0.2, 0.25) is 0 Å². The van der Waals surface area contributed by atoms with Crippen LogP contribution in [-0.2, 0) is 15.6 Å². The van der Waals surface area contributed by atoms with Gasteiger partial charge in [0.1, 0.15) is 11.2 Å². The molecule has 5 nitrogen and oxygen atoms in total. The molecule has 0 atom stereocenters. The highest BCUT2D eigenvalue weighted by Crippen LogP contribution is 2.43. The number of hydrogen-bond donors (Lipinski definition) is 0. The van der Waals surface area contributed by atoms with Crippen molar-refractivity contribution in [2.24, 2.45) is 0 Å². The van der Waals surface area contributed by atoms with Crippen molar-refractivity contribution < 1.29 is 12.8 Å². The third-order valence-electron chi connectivity index (χ3n) is 8.82. The average Bonchev–Trinajstić information content (AvgIpc) is 3.60. The summed E-state index contributed by atoms with van der Waals surface area (Å²) in [6.45, 7) is 0. The van der Waals surface area contributed by atoms with Crippen LogP contribution in [0.1, 0.15) is 11.1 Å². The van der Waals surface area contributed by atoms with Gasteiger partial charge in [0.05, 0.1) is 33.3 Å². The van der Waals surface area contributed by atoms with E-state index >= 15 is 0 Å². The number of para-hydroxylation sites is 3. The molecule has 9 rings (SSSR count). The van der Waals surface area contributed by atoms with Crippen molar-refractivity contribution in [2.75, 3.05) is 0 Å². The molecular weight excluding hydrogens is 564 g/mol. The van der Waals surface area contributed by atoms with Crippen molar-refractivity contribution in [3.05, 3.63) is 132 Å². The van der Waals surface area contributed by atoms with Gasteiger partial charge in [0, 0.05) is 38.4 Å². The van der Waals surface area contributed by atoms with Crippen LogP contribution in [0.4, 0.5) is 0 Å². The van der Waals surface area contributed by atoms with Gasteiger partial charge in [-0.25, -0.2) is 8.42 Å². The van der Waals surface area contributed by atoms with Crippen LogP contribution in [0.3, 0.4) is 0 Å². The van der Waals surface area contributed by atoms with Crippen LogP contribution < -0.4 is 0 Å². The molecule has 1 aliphatic heterocycles. The molecule has 0 spiro atoms. The summed E-state index contributed by atoms with van der Waals surface area (Å²) in [6, 6.07) is 41.8. The molecule has 8 aromatic rings. The molecule has 0 radical (unpaired) electrons. The van der Waals surface area contributed by atoms with Gasteiger partial charge in [-0.1, -0.05) is 72.8 Å². The van der Waals surface area contributed by atoms with E-state index < -0.39 is 9.84 Å². The third kappa shape index (κ3) is 3.48. The second-order valence-corrected chi connectivity index (χ2v) is 13.2.